The maximum absolute atomic E-state index is 8.79. The first kappa shape index (κ1) is 13.9. The number of likely N-dealkylation sites (N-methyl/N-ethyl adjacent to an activating group) is 1. The molecule has 0 aliphatic carbocycles. The van der Waals surface area contributed by atoms with Crippen molar-refractivity contribution in [1.82, 2.24) is 4.90 Å². The highest BCUT2D eigenvalue weighted by Gasteiger charge is 2.06. The molecule has 0 amide bonds. The molecule has 0 saturated carbocycles. The molecule has 0 spiro atoms. The molecule has 0 saturated heterocycles. The van der Waals surface area contributed by atoms with Crippen molar-refractivity contribution in [3.8, 4) is 0 Å². The molecule has 1 atom stereocenters. The molecule has 0 aliphatic heterocycles. The van der Waals surface area contributed by atoms with Crippen LogP contribution in [-0.4, -0.2) is 36.8 Å². The third kappa shape index (κ3) is 5.66. The fourth-order valence-electron chi connectivity index (χ4n) is 1.78. The average Bonchev–Trinajstić information content (AvgIpc) is 2.34. The minimum absolute atomic E-state index is 0.294. The lowest BCUT2D eigenvalue weighted by Crippen LogP contribution is -2.25. The van der Waals surface area contributed by atoms with Gasteiger partial charge in [-0.05, 0) is 38.9 Å². The van der Waals surface area contributed by atoms with Crippen LogP contribution < -0.4 is 0 Å². The average molecular weight is 233 g/mol. The predicted molar refractivity (Wildman–Crippen MR) is 73.9 cm³/mol. The van der Waals surface area contributed by atoms with Crippen LogP contribution in [0.3, 0.4) is 0 Å². The Labute approximate surface area is 105 Å². The Morgan fingerprint density at radius 2 is 1.88 bits per heavy atom. The highest BCUT2D eigenvalue weighted by Crippen LogP contribution is 2.10. The van der Waals surface area contributed by atoms with E-state index < -0.39 is 0 Å². The molecule has 0 bridgehead atoms. The zero-order valence-electron chi connectivity index (χ0n) is 10.8. The van der Waals surface area contributed by atoms with E-state index in [9.17, 15) is 0 Å². The number of hydrogen-bond acceptors (Lipinski definition) is 2. The summed E-state index contributed by atoms with van der Waals surface area (Å²) in [6.45, 7) is 0.294. The minimum Gasteiger partial charge on any atom is -0.396 e. The van der Waals surface area contributed by atoms with E-state index in [2.05, 4.69) is 55.4 Å². The Hall–Kier alpha value is -1.12. The Balaban J connectivity index is 2.51. The van der Waals surface area contributed by atoms with Gasteiger partial charge in [-0.3, -0.25) is 0 Å². The molecule has 2 heteroatoms. The van der Waals surface area contributed by atoms with Gasteiger partial charge in [-0.25, -0.2) is 0 Å². The Morgan fingerprint density at radius 1 is 1.18 bits per heavy atom. The zero-order chi connectivity index (χ0) is 12.5. The standard InChI is InChI=1S/C15H23NO/c1-16(2)15(10-6-7-13-17)12-11-14-8-4-3-5-9-14/h3-5,8-9,11-12,15,17H,6-7,10,13H2,1-2H3/b12-11-. The Kier molecular flexibility index (Phi) is 6.60. The van der Waals surface area contributed by atoms with Gasteiger partial charge >= 0.3 is 0 Å². The fourth-order valence-corrected chi connectivity index (χ4v) is 1.78. The van der Waals surface area contributed by atoms with E-state index in [-0.39, 0.29) is 0 Å². The summed E-state index contributed by atoms with van der Waals surface area (Å²) in [5, 5.41) is 8.79. The molecule has 1 N–H and O–H groups in total. The number of aliphatic hydroxyl groups excluding tert-OH is 1. The molecule has 1 aromatic carbocycles. The highest BCUT2D eigenvalue weighted by molar-refractivity contribution is 5.49. The summed E-state index contributed by atoms with van der Waals surface area (Å²) in [5.74, 6) is 0. The summed E-state index contributed by atoms with van der Waals surface area (Å²) in [6.07, 6.45) is 7.47. The smallest absolute Gasteiger partial charge is 0.0431 e. The summed E-state index contributed by atoms with van der Waals surface area (Å²) in [6, 6.07) is 10.8. The number of hydrogen-bond donors (Lipinski definition) is 1. The van der Waals surface area contributed by atoms with Gasteiger partial charge in [0.05, 0.1) is 0 Å². The molecule has 0 fully saturated rings. The van der Waals surface area contributed by atoms with Gasteiger partial charge in [-0.1, -0.05) is 42.5 Å². The molecule has 1 unspecified atom stereocenters. The summed E-state index contributed by atoms with van der Waals surface area (Å²) >= 11 is 0. The van der Waals surface area contributed by atoms with Gasteiger partial charge in [0.25, 0.3) is 0 Å². The maximum atomic E-state index is 8.79. The van der Waals surface area contributed by atoms with E-state index in [0.717, 1.165) is 19.3 Å². The van der Waals surface area contributed by atoms with Gasteiger partial charge in [0.15, 0.2) is 0 Å². The van der Waals surface area contributed by atoms with Gasteiger partial charge in [0.2, 0.25) is 0 Å². The molecule has 0 radical (unpaired) electrons. The van der Waals surface area contributed by atoms with Crippen molar-refractivity contribution >= 4 is 6.08 Å². The van der Waals surface area contributed by atoms with Crippen LogP contribution >= 0.6 is 0 Å². The van der Waals surface area contributed by atoms with E-state index in [1.165, 1.54) is 5.56 Å². The van der Waals surface area contributed by atoms with Gasteiger partial charge in [-0.2, -0.15) is 0 Å². The maximum Gasteiger partial charge on any atom is 0.0431 e. The van der Waals surface area contributed by atoms with Crippen LogP contribution in [0.25, 0.3) is 6.08 Å². The quantitative estimate of drug-likeness (QED) is 0.732. The molecular weight excluding hydrogens is 210 g/mol. The topological polar surface area (TPSA) is 23.5 Å². The molecule has 1 aromatic rings. The molecule has 94 valence electrons. The van der Waals surface area contributed by atoms with Crippen LogP contribution in [0.5, 0.6) is 0 Å². The van der Waals surface area contributed by atoms with Crippen molar-refractivity contribution in [1.29, 1.82) is 0 Å². The monoisotopic (exact) mass is 233 g/mol. The second kappa shape index (κ2) is 8.04. The Morgan fingerprint density at radius 3 is 2.47 bits per heavy atom. The zero-order valence-corrected chi connectivity index (χ0v) is 10.8. The number of aliphatic hydroxyl groups is 1. The van der Waals surface area contributed by atoms with E-state index in [4.69, 9.17) is 5.11 Å². The molecular formula is C15H23NO. The van der Waals surface area contributed by atoms with Gasteiger partial charge in [-0.15, -0.1) is 0 Å². The summed E-state index contributed by atoms with van der Waals surface area (Å²) in [7, 11) is 4.19. The third-order valence-corrected chi connectivity index (χ3v) is 2.88. The predicted octanol–water partition coefficient (Wildman–Crippen LogP) is 2.79. The molecule has 0 heterocycles. The van der Waals surface area contributed by atoms with Crippen LogP contribution in [0.1, 0.15) is 24.8 Å². The molecule has 2 nitrogen and oxygen atoms in total. The largest absolute Gasteiger partial charge is 0.396 e. The molecule has 0 aromatic heterocycles. The number of rotatable bonds is 7. The third-order valence-electron chi connectivity index (χ3n) is 2.88. The lowest BCUT2D eigenvalue weighted by molar-refractivity contribution is 0.268. The fraction of sp³-hybridized carbons (Fsp3) is 0.467. The molecule has 17 heavy (non-hydrogen) atoms. The van der Waals surface area contributed by atoms with Gasteiger partial charge in [0, 0.05) is 12.6 Å². The van der Waals surface area contributed by atoms with Crippen LogP contribution in [0.2, 0.25) is 0 Å². The second-order valence-electron chi connectivity index (χ2n) is 4.52. The normalized spacial score (nSPS) is 13.4. The van der Waals surface area contributed by atoms with E-state index in [0.29, 0.717) is 12.6 Å². The summed E-state index contributed by atoms with van der Waals surface area (Å²) in [5.41, 5.74) is 1.24. The SMILES string of the molecule is CN(C)C(/C=C\c1ccccc1)CCCCO. The van der Waals surface area contributed by atoms with Crippen molar-refractivity contribution in [2.75, 3.05) is 20.7 Å². The van der Waals surface area contributed by atoms with Crippen molar-refractivity contribution in [2.24, 2.45) is 0 Å². The van der Waals surface area contributed by atoms with E-state index in [1.807, 2.05) is 6.07 Å². The Bertz CT molecular complexity index is 319. The highest BCUT2D eigenvalue weighted by atomic mass is 16.2. The van der Waals surface area contributed by atoms with Crippen molar-refractivity contribution in [2.45, 2.75) is 25.3 Å². The first-order valence-electron chi connectivity index (χ1n) is 6.24. The van der Waals surface area contributed by atoms with E-state index >= 15 is 0 Å². The van der Waals surface area contributed by atoms with Crippen LogP contribution in [0, 0.1) is 0 Å². The summed E-state index contributed by atoms with van der Waals surface area (Å²) < 4.78 is 0. The number of benzene rings is 1. The van der Waals surface area contributed by atoms with Crippen molar-refractivity contribution in [3.05, 3.63) is 42.0 Å². The molecule has 1 rings (SSSR count). The van der Waals surface area contributed by atoms with Gasteiger partial charge < -0.3 is 10.0 Å². The first-order valence-corrected chi connectivity index (χ1v) is 6.24. The lowest BCUT2D eigenvalue weighted by Gasteiger charge is -2.20. The number of unbranched alkanes of at least 4 members (excludes halogenated alkanes) is 1. The van der Waals surface area contributed by atoms with Crippen LogP contribution in [-0.2, 0) is 0 Å². The van der Waals surface area contributed by atoms with E-state index in [1.54, 1.807) is 0 Å². The van der Waals surface area contributed by atoms with Crippen molar-refractivity contribution in [3.63, 3.8) is 0 Å². The molecule has 0 aliphatic rings. The second-order valence-corrected chi connectivity index (χ2v) is 4.52. The van der Waals surface area contributed by atoms with Crippen LogP contribution in [0.15, 0.2) is 36.4 Å². The first-order chi connectivity index (χ1) is 8.24. The van der Waals surface area contributed by atoms with Crippen LogP contribution in [0.4, 0.5) is 0 Å². The van der Waals surface area contributed by atoms with Gasteiger partial charge in [0.1, 0.15) is 0 Å². The summed E-state index contributed by atoms with van der Waals surface area (Å²) in [4.78, 5) is 2.22. The number of nitrogens with zero attached hydrogens (tertiary/aromatic N) is 1. The minimum atomic E-state index is 0.294. The van der Waals surface area contributed by atoms with Crippen molar-refractivity contribution < 1.29 is 5.11 Å². The lowest BCUT2D eigenvalue weighted by atomic mass is 10.1.